The Morgan fingerprint density at radius 1 is 1.75 bits per heavy atom. The molecule has 0 aliphatic rings. The molecule has 0 atom stereocenters. The van der Waals surface area contributed by atoms with Crippen molar-refractivity contribution in [1.82, 2.24) is 4.94 Å². The van der Waals surface area contributed by atoms with Crippen molar-refractivity contribution >= 4 is 11.8 Å². The summed E-state index contributed by atoms with van der Waals surface area (Å²) in [4.78, 5) is 1.72. The summed E-state index contributed by atoms with van der Waals surface area (Å²) in [5.41, 5.74) is 0. The molecule has 0 spiro atoms. The molecule has 0 bridgehead atoms. The maximum atomic E-state index is 4.53. The molecule has 0 saturated carbocycles. The van der Waals surface area contributed by atoms with Crippen LogP contribution in [0.3, 0.4) is 0 Å². The average Bonchev–Trinajstić information content (AvgIpc) is 0.918. The van der Waals surface area contributed by atoms with Crippen molar-refractivity contribution in [2.45, 2.75) is 0 Å². The van der Waals surface area contributed by atoms with Crippen LogP contribution in [0.25, 0.3) is 0 Å². The molecular weight excluding hydrogens is 79.5 g/mol. The number of hydrogen-bond acceptors (Lipinski definition) is 2. The van der Waals surface area contributed by atoms with Gasteiger partial charge in [0.25, 0.3) is 0 Å². The van der Waals surface area contributed by atoms with E-state index < -0.39 is 0 Å². The Morgan fingerprint density at radius 3 is 1.75 bits per heavy atom. The monoisotopic (exact) mass is 84.0 g/mol. The zero-order valence-corrected chi connectivity index (χ0v) is 2.71. The van der Waals surface area contributed by atoms with Crippen LogP contribution in [0.15, 0.2) is 0 Å². The van der Waals surface area contributed by atoms with Crippen molar-refractivity contribution in [1.29, 1.82) is 0 Å². The molecule has 0 fully saturated rings. The van der Waals surface area contributed by atoms with E-state index in [1.165, 1.54) is 0 Å². The van der Waals surface area contributed by atoms with Gasteiger partial charge < -0.3 is 5.48 Å². The summed E-state index contributed by atoms with van der Waals surface area (Å²) in [6.45, 7) is 0. The first-order valence-corrected chi connectivity index (χ1v) is 0.856. The molecule has 0 saturated heterocycles. The van der Waals surface area contributed by atoms with Gasteiger partial charge in [-0.3, -0.25) is 5.84 Å². The van der Waals surface area contributed by atoms with Crippen LogP contribution in [-0.2, 0) is 0 Å². The van der Waals surface area contributed by atoms with Crippen molar-refractivity contribution in [3.05, 3.63) is 0 Å². The Labute approximate surface area is 29.1 Å². The smallest absolute Gasteiger partial charge is 0.00899 e. The highest BCUT2D eigenvalue weighted by molar-refractivity contribution is 6.12. The molecular formula is H5ClN2O. The maximum Gasteiger partial charge on any atom is -0.00899 e. The van der Waals surface area contributed by atoms with Crippen LogP contribution >= 0.6 is 11.8 Å². The van der Waals surface area contributed by atoms with Crippen LogP contribution in [0.2, 0.25) is 0 Å². The van der Waals surface area contributed by atoms with Gasteiger partial charge in [0.2, 0.25) is 0 Å². The second kappa shape index (κ2) is 10.9. The third-order valence-corrected chi connectivity index (χ3v) is 0. The Balaban J connectivity index is 0. The van der Waals surface area contributed by atoms with Gasteiger partial charge in [0.1, 0.15) is 0 Å². The van der Waals surface area contributed by atoms with Gasteiger partial charge in [-0.05, 0) is 11.8 Å². The largest absolute Gasteiger partial charge is 0.412 e. The molecule has 0 aromatic rings. The molecule has 5 N–H and O–H groups in total. The molecule has 0 unspecified atom stereocenters. The predicted octanol–water partition coefficient (Wildman–Crippen LogP) is -1.22. The van der Waals surface area contributed by atoms with E-state index in [1.807, 2.05) is 0 Å². The Hall–Kier alpha value is 0.170. The summed E-state index contributed by atoms with van der Waals surface area (Å²) in [7, 11) is 0. The standard InChI is InChI=1S/ClH3N2.H2O/c1-3-2;/h3H,2H2;1H2. The number of nitrogens with two attached hydrogens (primary N) is 1. The van der Waals surface area contributed by atoms with Gasteiger partial charge in [0, 0.05) is 0 Å². The van der Waals surface area contributed by atoms with Gasteiger partial charge in [-0.15, -0.1) is 0 Å². The van der Waals surface area contributed by atoms with Crippen LogP contribution in [0.1, 0.15) is 0 Å². The van der Waals surface area contributed by atoms with E-state index in [0.29, 0.717) is 0 Å². The Kier molecular flexibility index (Phi) is 24.3. The summed E-state index contributed by atoms with van der Waals surface area (Å²) in [6.07, 6.45) is 0. The minimum atomic E-state index is 0. The molecule has 0 aromatic carbocycles. The second-order valence-electron chi connectivity index (χ2n) is 0.109. The zero-order valence-electron chi connectivity index (χ0n) is 1.96. The third kappa shape index (κ3) is 103. The lowest BCUT2D eigenvalue weighted by Gasteiger charge is -1.57. The van der Waals surface area contributed by atoms with Crippen LogP contribution in [0.5, 0.6) is 0 Å². The summed E-state index contributed by atoms with van der Waals surface area (Å²) in [5, 5.41) is 0. The fraction of sp³-hybridized carbons (Fsp3) is 0. The molecule has 28 valence electrons. The summed E-state index contributed by atoms with van der Waals surface area (Å²) in [6, 6.07) is 0. The summed E-state index contributed by atoms with van der Waals surface area (Å²) in [5.74, 6) is 4.36. The molecule has 0 heterocycles. The number of rotatable bonds is 0. The van der Waals surface area contributed by atoms with Crippen LogP contribution < -0.4 is 10.8 Å². The molecule has 4 heavy (non-hydrogen) atoms. The van der Waals surface area contributed by atoms with Crippen LogP contribution in [0.4, 0.5) is 0 Å². The lowest BCUT2D eigenvalue weighted by Crippen LogP contribution is -2.05. The van der Waals surface area contributed by atoms with E-state index >= 15 is 0 Å². The van der Waals surface area contributed by atoms with Crippen LogP contribution in [0, 0.1) is 0 Å². The number of hydrazine groups is 1. The highest BCUT2D eigenvalue weighted by Crippen LogP contribution is 1.32. The topological polar surface area (TPSA) is 69.5 Å². The van der Waals surface area contributed by atoms with Gasteiger partial charge in [-0.1, -0.05) is 0 Å². The molecule has 0 aliphatic carbocycles. The van der Waals surface area contributed by atoms with Crippen molar-refractivity contribution in [3.63, 3.8) is 0 Å². The van der Waals surface area contributed by atoms with E-state index in [0.717, 1.165) is 0 Å². The van der Waals surface area contributed by atoms with E-state index in [1.54, 1.807) is 4.94 Å². The minimum Gasteiger partial charge on any atom is -0.412 e. The fourth-order valence-electron chi connectivity index (χ4n) is 0. The first-order valence-electron chi connectivity index (χ1n) is 0.478. The highest BCUT2D eigenvalue weighted by Gasteiger charge is 1.27. The Morgan fingerprint density at radius 2 is 1.75 bits per heavy atom. The third-order valence-electron chi connectivity index (χ3n) is 0. The van der Waals surface area contributed by atoms with Gasteiger partial charge in [0.05, 0.1) is 0 Å². The molecule has 0 amide bonds. The molecule has 4 heteroatoms. The first kappa shape index (κ1) is 8.90. The van der Waals surface area contributed by atoms with Crippen molar-refractivity contribution in [3.8, 4) is 0 Å². The van der Waals surface area contributed by atoms with Crippen molar-refractivity contribution in [2.24, 2.45) is 5.84 Å². The normalized spacial score (nSPS) is 4.50. The Bertz CT molecular complexity index is 6.00. The minimum absolute atomic E-state index is 0. The summed E-state index contributed by atoms with van der Waals surface area (Å²) < 4.78 is 0. The van der Waals surface area contributed by atoms with Gasteiger partial charge in [-0.2, -0.15) is 4.94 Å². The highest BCUT2D eigenvalue weighted by atomic mass is 35.5. The first-order chi connectivity index (χ1) is 1.41. The van der Waals surface area contributed by atoms with E-state index in [2.05, 4.69) is 17.6 Å². The van der Waals surface area contributed by atoms with E-state index in [-0.39, 0.29) is 5.48 Å². The van der Waals surface area contributed by atoms with Gasteiger partial charge in [0.15, 0.2) is 0 Å². The van der Waals surface area contributed by atoms with Gasteiger partial charge in [-0.25, -0.2) is 0 Å². The predicted molar refractivity (Wildman–Crippen MR) is 16.8 cm³/mol. The van der Waals surface area contributed by atoms with Crippen LogP contribution in [-0.4, -0.2) is 5.48 Å². The molecule has 3 nitrogen and oxygen atoms in total. The second-order valence-corrected chi connectivity index (χ2v) is 0.327. The number of nitrogens with one attached hydrogen (secondary N) is 1. The molecule has 0 rings (SSSR count). The van der Waals surface area contributed by atoms with Crippen molar-refractivity contribution in [2.75, 3.05) is 0 Å². The van der Waals surface area contributed by atoms with E-state index in [9.17, 15) is 0 Å². The molecule has 0 radical (unpaired) electrons. The lowest BCUT2D eigenvalue weighted by atomic mass is 13.0. The lowest BCUT2D eigenvalue weighted by molar-refractivity contribution is 0.824. The average molecular weight is 84.5 g/mol. The SMILES string of the molecule is NNCl.O. The zero-order chi connectivity index (χ0) is 2.71. The molecule has 0 aromatic heterocycles. The quantitative estimate of drug-likeness (QED) is 0.219. The summed E-state index contributed by atoms with van der Waals surface area (Å²) >= 11 is 4.53. The van der Waals surface area contributed by atoms with Gasteiger partial charge >= 0.3 is 0 Å². The fourth-order valence-corrected chi connectivity index (χ4v) is 0. The number of halogens is 1. The number of hydrogen-bond donors (Lipinski definition) is 2. The van der Waals surface area contributed by atoms with Crippen molar-refractivity contribution < 1.29 is 5.48 Å². The maximum absolute atomic E-state index is 4.53. The molecule has 0 aliphatic heterocycles. The van der Waals surface area contributed by atoms with E-state index in [4.69, 9.17) is 0 Å².